The zero-order chi connectivity index (χ0) is 27.2. The molecule has 0 aliphatic heterocycles. The summed E-state index contributed by atoms with van der Waals surface area (Å²) < 4.78 is 50.0. The van der Waals surface area contributed by atoms with Gasteiger partial charge in [0, 0.05) is 5.56 Å². The number of carbonyl (C=O) groups is 2. The first-order valence-corrected chi connectivity index (χ1v) is 11.2. The second-order valence-electron chi connectivity index (χ2n) is 7.92. The normalized spacial score (nSPS) is 11.6. The molecule has 3 rings (SSSR count). The van der Waals surface area contributed by atoms with Gasteiger partial charge in [-0.15, -0.1) is 0 Å². The number of nitrogens with zero attached hydrogens (tertiary/aromatic N) is 1. The maximum atomic E-state index is 12.9. The van der Waals surface area contributed by atoms with E-state index in [0.29, 0.717) is 35.4 Å². The highest BCUT2D eigenvalue weighted by atomic mass is 35.5. The minimum atomic E-state index is -4.64. The molecule has 37 heavy (non-hydrogen) atoms. The lowest BCUT2D eigenvalue weighted by atomic mass is 10.1. The Balaban J connectivity index is 1.64. The van der Waals surface area contributed by atoms with E-state index in [-0.39, 0.29) is 10.7 Å². The number of benzene rings is 3. The van der Waals surface area contributed by atoms with Crippen LogP contribution in [0, 0.1) is 6.92 Å². The number of halogens is 4. The topological polar surface area (TPSA) is 89.0 Å². The van der Waals surface area contributed by atoms with Crippen molar-refractivity contribution >= 4 is 34.8 Å². The van der Waals surface area contributed by atoms with Crippen LogP contribution in [0.15, 0.2) is 65.8 Å². The first-order valence-electron chi connectivity index (χ1n) is 10.9. The number of alkyl halides is 3. The number of amides is 2. The lowest BCUT2D eigenvalue weighted by molar-refractivity contribution is -0.137. The van der Waals surface area contributed by atoms with E-state index in [0.717, 1.165) is 23.3 Å². The monoisotopic (exact) mass is 533 g/mol. The van der Waals surface area contributed by atoms with Crippen molar-refractivity contribution < 1.29 is 32.2 Å². The zero-order valence-corrected chi connectivity index (χ0v) is 20.8. The van der Waals surface area contributed by atoms with Gasteiger partial charge in [0.25, 0.3) is 0 Å². The predicted octanol–water partition coefficient (Wildman–Crippen LogP) is 5.73. The maximum absolute atomic E-state index is 12.9. The number of carbonyl (C=O) groups excluding carboxylic acids is 2. The number of hydrogen-bond donors (Lipinski definition) is 2. The molecule has 0 fully saturated rings. The summed E-state index contributed by atoms with van der Waals surface area (Å²) in [6.45, 7) is 3.92. The van der Waals surface area contributed by atoms with Crippen LogP contribution in [0.25, 0.3) is 0 Å². The van der Waals surface area contributed by atoms with Gasteiger partial charge in [-0.2, -0.15) is 18.3 Å². The summed E-state index contributed by atoms with van der Waals surface area (Å²) in [5.41, 5.74) is 3.72. The van der Waals surface area contributed by atoms with Crippen molar-refractivity contribution in [2.45, 2.75) is 26.6 Å². The van der Waals surface area contributed by atoms with Crippen LogP contribution in [0.4, 0.5) is 18.9 Å². The molecule has 0 atom stereocenters. The Morgan fingerprint density at radius 1 is 0.973 bits per heavy atom. The second kappa shape index (κ2) is 11.8. The van der Waals surface area contributed by atoms with Crippen LogP contribution in [0.5, 0.6) is 11.5 Å². The molecule has 0 bridgehead atoms. The Labute approximate surface area is 216 Å². The largest absolute Gasteiger partial charge is 0.493 e. The molecule has 0 unspecified atom stereocenters. The van der Waals surface area contributed by atoms with Crippen LogP contribution in [0.3, 0.4) is 0 Å². The number of nitrogens with one attached hydrogen (secondary N) is 2. The molecule has 0 aliphatic carbocycles. The van der Waals surface area contributed by atoms with E-state index in [2.05, 4.69) is 15.8 Å². The van der Waals surface area contributed by atoms with Crippen LogP contribution >= 0.6 is 11.6 Å². The fourth-order valence-electron chi connectivity index (χ4n) is 3.08. The number of hydrazone groups is 1. The number of ether oxygens (including phenoxy) is 2. The first kappa shape index (κ1) is 27.5. The summed E-state index contributed by atoms with van der Waals surface area (Å²) in [5, 5.41) is 5.78. The van der Waals surface area contributed by atoms with Gasteiger partial charge < -0.3 is 14.8 Å². The van der Waals surface area contributed by atoms with Gasteiger partial charge in [0.1, 0.15) is 6.61 Å². The predicted molar refractivity (Wildman–Crippen MR) is 134 cm³/mol. The van der Waals surface area contributed by atoms with Crippen molar-refractivity contribution in [1.82, 2.24) is 5.43 Å². The smallest absolute Gasteiger partial charge is 0.416 e. The highest BCUT2D eigenvalue weighted by molar-refractivity contribution is 6.41. The number of anilines is 1. The minimum Gasteiger partial charge on any atom is -0.493 e. The van der Waals surface area contributed by atoms with Gasteiger partial charge in [0.2, 0.25) is 0 Å². The number of hydrogen-bond acceptors (Lipinski definition) is 5. The Morgan fingerprint density at radius 3 is 2.32 bits per heavy atom. The van der Waals surface area contributed by atoms with Crippen LogP contribution in [0.2, 0.25) is 5.02 Å². The molecule has 2 N–H and O–H groups in total. The summed E-state index contributed by atoms with van der Waals surface area (Å²) in [4.78, 5) is 24.3. The average molecular weight is 534 g/mol. The fourth-order valence-corrected chi connectivity index (χ4v) is 3.25. The fraction of sp³-hybridized carbons (Fsp3) is 0.192. The molecule has 194 valence electrons. The van der Waals surface area contributed by atoms with Gasteiger partial charge in [-0.05, 0) is 55.8 Å². The Bertz CT molecular complexity index is 1330. The van der Waals surface area contributed by atoms with Crippen molar-refractivity contribution in [2.24, 2.45) is 5.10 Å². The lowest BCUT2D eigenvalue weighted by Gasteiger charge is -2.13. The Kier molecular flexibility index (Phi) is 8.77. The van der Waals surface area contributed by atoms with E-state index in [1.54, 1.807) is 25.1 Å². The van der Waals surface area contributed by atoms with E-state index in [4.69, 9.17) is 21.1 Å². The lowest BCUT2D eigenvalue weighted by Crippen LogP contribution is -2.33. The van der Waals surface area contributed by atoms with Crippen molar-refractivity contribution in [3.63, 3.8) is 0 Å². The van der Waals surface area contributed by atoms with Gasteiger partial charge in [-0.3, -0.25) is 9.59 Å². The van der Waals surface area contributed by atoms with Crippen LogP contribution < -0.4 is 20.2 Å². The molecule has 0 spiro atoms. The van der Waals surface area contributed by atoms with Gasteiger partial charge in [0.05, 0.1) is 29.1 Å². The van der Waals surface area contributed by atoms with Crippen molar-refractivity contribution in [3.8, 4) is 11.5 Å². The van der Waals surface area contributed by atoms with E-state index in [1.165, 1.54) is 7.11 Å². The molecule has 11 heteroatoms. The average Bonchev–Trinajstić information content (AvgIpc) is 2.87. The van der Waals surface area contributed by atoms with E-state index in [1.807, 2.05) is 31.2 Å². The van der Waals surface area contributed by atoms with Gasteiger partial charge in [-0.1, -0.05) is 41.4 Å². The van der Waals surface area contributed by atoms with Crippen LogP contribution in [0.1, 0.15) is 29.2 Å². The standard InChI is InChI=1S/C26H23ClF3N3O4/c1-15-4-6-17(7-5-15)14-37-22-11-8-18(12-23(22)36-3)16(2)32-33-25(35)24(34)31-21-13-19(26(28,29)30)9-10-20(21)27/h4-13H,14H2,1-3H3,(H,31,34)(H,33,35)/b32-16+. The molecule has 0 radical (unpaired) electrons. The summed E-state index contributed by atoms with van der Waals surface area (Å²) >= 11 is 5.84. The van der Waals surface area contributed by atoms with Gasteiger partial charge >= 0.3 is 18.0 Å². The molecule has 2 amide bonds. The number of aryl methyl sites for hydroxylation is 1. The zero-order valence-electron chi connectivity index (χ0n) is 20.1. The molecule has 3 aromatic rings. The molecule has 7 nitrogen and oxygen atoms in total. The SMILES string of the molecule is COc1cc(/C(C)=N/NC(=O)C(=O)Nc2cc(C(F)(F)F)ccc2Cl)ccc1OCc1ccc(C)cc1. The van der Waals surface area contributed by atoms with E-state index in [9.17, 15) is 22.8 Å². The third-order valence-electron chi connectivity index (χ3n) is 5.17. The van der Waals surface area contributed by atoms with Gasteiger partial charge in [0.15, 0.2) is 11.5 Å². The molecule has 3 aromatic carbocycles. The molecule has 0 saturated heterocycles. The Morgan fingerprint density at radius 2 is 1.68 bits per heavy atom. The molecular formula is C26H23ClF3N3O4. The van der Waals surface area contributed by atoms with Crippen molar-refractivity contribution in [2.75, 3.05) is 12.4 Å². The van der Waals surface area contributed by atoms with E-state index < -0.39 is 23.6 Å². The first-order chi connectivity index (χ1) is 17.5. The van der Waals surface area contributed by atoms with Crippen LogP contribution in [-0.2, 0) is 22.4 Å². The number of rotatable bonds is 7. The molecule has 0 aliphatic rings. The van der Waals surface area contributed by atoms with Crippen molar-refractivity contribution in [3.05, 3.63) is 87.9 Å². The summed E-state index contributed by atoms with van der Waals surface area (Å²) in [7, 11) is 1.48. The Hall–Kier alpha value is -4.05. The minimum absolute atomic E-state index is 0.161. The highest BCUT2D eigenvalue weighted by Gasteiger charge is 2.31. The quantitative estimate of drug-likeness (QED) is 0.230. The van der Waals surface area contributed by atoms with E-state index >= 15 is 0 Å². The third kappa shape index (κ3) is 7.47. The molecular weight excluding hydrogens is 511 g/mol. The summed E-state index contributed by atoms with van der Waals surface area (Å²) in [5.74, 6) is -1.50. The number of methoxy groups -OCH3 is 1. The van der Waals surface area contributed by atoms with Gasteiger partial charge in [-0.25, -0.2) is 5.43 Å². The second-order valence-corrected chi connectivity index (χ2v) is 8.33. The van der Waals surface area contributed by atoms with Crippen molar-refractivity contribution in [1.29, 1.82) is 0 Å². The summed E-state index contributed by atoms with van der Waals surface area (Å²) in [6, 6.07) is 15.3. The molecule has 0 saturated carbocycles. The maximum Gasteiger partial charge on any atom is 0.416 e. The van der Waals surface area contributed by atoms with Crippen LogP contribution in [-0.4, -0.2) is 24.6 Å². The molecule has 0 aromatic heterocycles. The molecule has 0 heterocycles. The third-order valence-corrected chi connectivity index (χ3v) is 5.50. The summed E-state index contributed by atoms with van der Waals surface area (Å²) in [6.07, 6.45) is -4.64. The highest BCUT2D eigenvalue weighted by Crippen LogP contribution is 2.34.